The molecule has 1 spiro atoms. The van der Waals surface area contributed by atoms with Crippen molar-refractivity contribution in [2.75, 3.05) is 18.5 Å². The molecule has 2 aliphatic rings. The SMILES string of the molecule is O=C(Nc1cccc(C#Cc2ccccc2)c1)NC1CCC2(CC1)OCCO2. The molecule has 2 fully saturated rings. The van der Waals surface area contributed by atoms with Crippen molar-refractivity contribution in [3.63, 3.8) is 0 Å². The fourth-order valence-corrected chi connectivity index (χ4v) is 3.68. The van der Waals surface area contributed by atoms with Gasteiger partial charge in [-0.15, -0.1) is 0 Å². The summed E-state index contributed by atoms with van der Waals surface area (Å²) in [5.41, 5.74) is 2.55. The van der Waals surface area contributed by atoms with Gasteiger partial charge in [0.15, 0.2) is 5.79 Å². The van der Waals surface area contributed by atoms with Crippen LogP contribution < -0.4 is 10.6 Å². The molecule has 2 N–H and O–H groups in total. The lowest BCUT2D eigenvalue weighted by molar-refractivity contribution is -0.179. The predicted molar refractivity (Wildman–Crippen MR) is 108 cm³/mol. The Labute approximate surface area is 165 Å². The van der Waals surface area contributed by atoms with Gasteiger partial charge >= 0.3 is 6.03 Å². The highest BCUT2D eigenvalue weighted by molar-refractivity contribution is 5.89. The van der Waals surface area contributed by atoms with Crippen LogP contribution in [0.25, 0.3) is 0 Å². The van der Waals surface area contributed by atoms with Gasteiger partial charge in [-0.1, -0.05) is 36.1 Å². The third-order valence-electron chi connectivity index (χ3n) is 5.14. The number of carbonyl (C=O) groups is 1. The monoisotopic (exact) mass is 376 g/mol. The summed E-state index contributed by atoms with van der Waals surface area (Å²) in [5, 5.41) is 5.96. The molecule has 2 aromatic rings. The van der Waals surface area contributed by atoms with Crippen LogP contribution in [-0.2, 0) is 9.47 Å². The fraction of sp³-hybridized carbons (Fsp3) is 0.348. The molecule has 0 bridgehead atoms. The molecule has 4 rings (SSSR count). The van der Waals surface area contributed by atoms with Crippen molar-refractivity contribution in [1.82, 2.24) is 5.32 Å². The van der Waals surface area contributed by atoms with E-state index in [9.17, 15) is 4.79 Å². The number of anilines is 1. The van der Waals surface area contributed by atoms with E-state index in [-0.39, 0.29) is 12.1 Å². The van der Waals surface area contributed by atoms with Crippen molar-refractivity contribution >= 4 is 11.7 Å². The average Bonchev–Trinajstić information content (AvgIpc) is 3.18. The van der Waals surface area contributed by atoms with Crippen LogP contribution in [0.2, 0.25) is 0 Å². The van der Waals surface area contributed by atoms with Gasteiger partial charge in [-0.05, 0) is 43.2 Å². The molecule has 2 aromatic carbocycles. The number of urea groups is 1. The molecule has 5 heteroatoms. The summed E-state index contributed by atoms with van der Waals surface area (Å²) in [4.78, 5) is 12.4. The Morgan fingerprint density at radius 3 is 2.36 bits per heavy atom. The van der Waals surface area contributed by atoms with Gasteiger partial charge in [-0.25, -0.2) is 4.79 Å². The molecule has 1 saturated carbocycles. The summed E-state index contributed by atoms with van der Waals surface area (Å²) in [7, 11) is 0. The van der Waals surface area contributed by atoms with Gasteiger partial charge < -0.3 is 20.1 Å². The predicted octanol–water partition coefficient (Wildman–Crippen LogP) is 3.89. The van der Waals surface area contributed by atoms with E-state index in [4.69, 9.17) is 9.47 Å². The fourth-order valence-electron chi connectivity index (χ4n) is 3.68. The van der Waals surface area contributed by atoms with E-state index < -0.39 is 5.79 Å². The van der Waals surface area contributed by atoms with E-state index in [0.29, 0.717) is 13.2 Å². The number of ether oxygens (including phenoxy) is 2. The normalized spacial score (nSPS) is 18.3. The number of nitrogens with one attached hydrogen (secondary N) is 2. The molecule has 1 aliphatic heterocycles. The zero-order valence-electron chi connectivity index (χ0n) is 15.7. The number of carbonyl (C=O) groups excluding carboxylic acids is 1. The minimum atomic E-state index is -0.402. The van der Waals surface area contributed by atoms with Gasteiger partial charge in [-0.2, -0.15) is 0 Å². The number of amides is 2. The van der Waals surface area contributed by atoms with Crippen LogP contribution in [-0.4, -0.2) is 31.1 Å². The summed E-state index contributed by atoms with van der Waals surface area (Å²) < 4.78 is 11.5. The molecule has 0 atom stereocenters. The zero-order valence-corrected chi connectivity index (χ0v) is 15.7. The maximum absolute atomic E-state index is 12.4. The summed E-state index contributed by atoms with van der Waals surface area (Å²) in [6, 6.07) is 17.3. The summed E-state index contributed by atoms with van der Waals surface area (Å²) >= 11 is 0. The molecule has 2 amide bonds. The number of hydrogen-bond donors (Lipinski definition) is 2. The van der Waals surface area contributed by atoms with Gasteiger partial charge in [0.25, 0.3) is 0 Å². The van der Waals surface area contributed by atoms with Crippen LogP contribution in [0.3, 0.4) is 0 Å². The number of hydrogen-bond acceptors (Lipinski definition) is 3. The second kappa shape index (κ2) is 8.47. The maximum Gasteiger partial charge on any atom is 0.319 e. The largest absolute Gasteiger partial charge is 0.348 e. The Bertz CT molecular complexity index is 869. The second-order valence-corrected chi connectivity index (χ2v) is 7.18. The van der Waals surface area contributed by atoms with Crippen LogP contribution in [0.1, 0.15) is 36.8 Å². The third-order valence-corrected chi connectivity index (χ3v) is 5.14. The summed E-state index contributed by atoms with van der Waals surface area (Å²) in [6.07, 6.45) is 3.36. The summed E-state index contributed by atoms with van der Waals surface area (Å²) in [5.74, 6) is 5.86. The van der Waals surface area contributed by atoms with Gasteiger partial charge in [0, 0.05) is 35.7 Å². The first-order valence-electron chi connectivity index (χ1n) is 9.73. The Kier molecular flexibility index (Phi) is 5.61. The Morgan fingerprint density at radius 1 is 0.929 bits per heavy atom. The molecule has 1 heterocycles. The zero-order chi connectivity index (χ0) is 19.2. The molecule has 0 unspecified atom stereocenters. The Morgan fingerprint density at radius 2 is 1.61 bits per heavy atom. The van der Waals surface area contributed by atoms with E-state index in [0.717, 1.165) is 42.5 Å². The Hall–Kier alpha value is -2.81. The first kappa shape index (κ1) is 18.5. The van der Waals surface area contributed by atoms with Gasteiger partial charge in [0.2, 0.25) is 0 Å². The van der Waals surface area contributed by atoms with Gasteiger partial charge in [0.05, 0.1) is 13.2 Å². The van der Waals surface area contributed by atoms with Crippen molar-refractivity contribution in [1.29, 1.82) is 0 Å². The molecular formula is C23H24N2O3. The highest BCUT2D eigenvalue weighted by Crippen LogP contribution is 2.35. The van der Waals surface area contributed by atoms with Crippen LogP contribution in [0.5, 0.6) is 0 Å². The van der Waals surface area contributed by atoms with Crippen molar-refractivity contribution in [3.8, 4) is 11.8 Å². The molecule has 1 saturated heterocycles. The average molecular weight is 376 g/mol. The lowest BCUT2D eigenvalue weighted by Crippen LogP contribution is -2.45. The molecule has 144 valence electrons. The second-order valence-electron chi connectivity index (χ2n) is 7.18. The molecular weight excluding hydrogens is 352 g/mol. The third kappa shape index (κ3) is 4.72. The van der Waals surface area contributed by atoms with Gasteiger partial charge in [0.1, 0.15) is 0 Å². The number of benzene rings is 2. The molecule has 0 radical (unpaired) electrons. The molecule has 28 heavy (non-hydrogen) atoms. The van der Waals surface area contributed by atoms with Crippen molar-refractivity contribution < 1.29 is 14.3 Å². The first-order chi connectivity index (χ1) is 13.7. The maximum atomic E-state index is 12.4. The quantitative estimate of drug-likeness (QED) is 0.782. The smallest absolute Gasteiger partial charge is 0.319 e. The summed E-state index contributed by atoms with van der Waals surface area (Å²) in [6.45, 7) is 1.34. The lowest BCUT2D eigenvalue weighted by atomic mass is 9.90. The van der Waals surface area contributed by atoms with E-state index >= 15 is 0 Å². The Balaban J connectivity index is 1.31. The minimum Gasteiger partial charge on any atom is -0.348 e. The van der Waals surface area contributed by atoms with E-state index in [1.54, 1.807) is 0 Å². The van der Waals surface area contributed by atoms with Crippen LogP contribution in [0.4, 0.5) is 10.5 Å². The van der Waals surface area contributed by atoms with E-state index in [1.807, 2.05) is 54.6 Å². The van der Waals surface area contributed by atoms with Crippen LogP contribution in [0, 0.1) is 11.8 Å². The van der Waals surface area contributed by atoms with E-state index in [1.165, 1.54) is 0 Å². The minimum absolute atomic E-state index is 0.138. The lowest BCUT2D eigenvalue weighted by Gasteiger charge is -2.35. The van der Waals surface area contributed by atoms with Gasteiger partial charge in [-0.3, -0.25) is 0 Å². The topological polar surface area (TPSA) is 59.6 Å². The number of rotatable bonds is 2. The highest BCUT2D eigenvalue weighted by atomic mass is 16.7. The molecule has 0 aromatic heterocycles. The molecule has 5 nitrogen and oxygen atoms in total. The standard InChI is InChI=1S/C23H24N2O3/c26-22(24-20-11-13-23(14-12-20)27-15-16-28-23)25-21-8-4-7-19(17-21)10-9-18-5-2-1-3-6-18/h1-8,17,20H,11-16H2,(H2,24,25,26). The highest BCUT2D eigenvalue weighted by Gasteiger charge is 2.40. The van der Waals surface area contributed by atoms with Crippen LogP contribution >= 0.6 is 0 Å². The first-order valence-corrected chi connectivity index (χ1v) is 9.73. The van der Waals surface area contributed by atoms with Crippen molar-refractivity contribution in [2.24, 2.45) is 0 Å². The van der Waals surface area contributed by atoms with Crippen molar-refractivity contribution in [3.05, 3.63) is 65.7 Å². The van der Waals surface area contributed by atoms with Crippen molar-refractivity contribution in [2.45, 2.75) is 37.5 Å². The van der Waals surface area contributed by atoms with Crippen LogP contribution in [0.15, 0.2) is 54.6 Å². The molecule has 1 aliphatic carbocycles. The van der Waals surface area contributed by atoms with E-state index in [2.05, 4.69) is 22.5 Å².